The summed E-state index contributed by atoms with van der Waals surface area (Å²) in [5, 5.41) is 6.49. The van der Waals surface area contributed by atoms with Gasteiger partial charge in [0.05, 0.1) is 6.04 Å². The lowest BCUT2D eigenvalue weighted by Gasteiger charge is -2.19. The lowest BCUT2D eigenvalue weighted by atomic mass is 10.0. The molecule has 1 aliphatic carbocycles. The van der Waals surface area contributed by atoms with Gasteiger partial charge >= 0.3 is 0 Å². The molecule has 2 aromatic carbocycles. The number of halogens is 1. The van der Waals surface area contributed by atoms with Crippen LogP contribution in [0.2, 0.25) is 5.02 Å². The monoisotopic (exact) mass is 342 g/mol. The van der Waals surface area contributed by atoms with Crippen molar-refractivity contribution in [2.75, 3.05) is 5.32 Å². The Bertz CT molecular complexity index is 754. The van der Waals surface area contributed by atoms with Gasteiger partial charge in [0.25, 0.3) is 5.91 Å². The first-order valence-corrected chi connectivity index (χ1v) is 8.35. The zero-order chi connectivity index (χ0) is 17.1. The van der Waals surface area contributed by atoms with E-state index < -0.39 is 0 Å². The van der Waals surface area contributed by atoms with E-state index in [9.17, 15) is 9.59 Å². The minimum Gasteiger partial charge on any atom is -0.345 e. The number of amides is 2. The molecule has 1 aliphatic rings. The Morgan fingerprint density at radius 1 is 1.12 bits per heavy atom. The number of carbonyl (C=O) groups excluding carboxylic acids is 2. The number of benzene rings is 2. The predicted octanol–water partition coefficient (Wildman–Crippen LogP) is 4.18. The first-order valence-electron chi connectivity index (χ1n) is 7.97. The minimum absolute atomic E-state index is 0.0146. The highest BCUT2D eigenvalue weighted by Gasteiger charge is 2.33. The van der Waals surface area contributed by atoms with Crippen LogP contribution < -0.4 is 10.6 Å². The molecule has 0 aliphatic heterocycles. The number of carbonyl (C=O) groups is 2. The average Bonchev–Trinajstić information content (AvgIpc) is 3.38. The fraction of sp³-hybridized carbons (Fsp3) is 0.263. The highest BCUT2D eigenvalue weighted by Crippen LogP contribution is 2.41. The van der Waals surface area contributed by atoms with E-state index in [-0.39, 0.29) is 17.9 Å². The minimum atomic E-state index is -0.162. The van der Waals surface area contributed by atoms with Gasteiger partial charge in [0, 0.05) is 23.2 Å². The summed E-state index contributed by atoms with van der Waals surface area (Å²) in [6.07, 6.45) is 2.22. The molecule has 1 atom stereocenters. The molecule has 0 heterocycles. The number of hydrogen-bond donors (Lipinski definition) is 2. The van der Waals surface area contributed by atoms with Gasteiger partial charge in [0.2, 0.25) is 5.91 Å². The van der Waals surface area contributed by atoms with Gasteiger partial charge in [-0.25, -0.2) is 0 Å². The fourth-order valence-corrected chi connectivity index (χ4v) is 2.87. The second kappa shape index (κ2) is 7.05. The van der Waals surface area contributed by atoms with Crippen LogP contribution in [0.3, 0.4) is 0 Å². The first-order chi connectivity index (χ1) is 11.5. The maximum absolute atomic E-state index is 12.6. The van der Waals surface area contributed by atoms with Crippen LogP contribution in [0.25, 0.3) is 0 Å². The molecule has 3 rings (SSSR count). The van der Waals surface area contributed by atoms with Gasteiger partial charge in [0.15, 0.2) is 0 Å². The molecular formula is C19H19ClN2O2. The van der Waals surface area contributed by atoms with Crippen molar-refractivity contribution >= 4 is 29.1 Å². The Kier molecular flexibility index (Phi) is 4.86. The maximum atomic E-state index is 12.6. The van der Waals surface area contributed by atoms with E-state index in [1.54, 1.807) is 24.3 Å². The summed E-state index contributed by atoms with van der Waals surface area (Å²) in [5.41, 5.74) is 2.21. The van der Waals surface area contributed by atoms with Crippen LogP contribution in [0, 0.1) is 5.92 Å². The Hall–Kier alpha value is -2.33. The number of nitrogens with one attached hydrogen (secondary N) is 2. The SMILES string of the molecule is CC(=O)Nc1cccc(C(=O)NC(c2ccc(Cl)cc2)C2CC2)c1. The van der Waals surface area contributed by atoms with E-state index in [1.165, 1.54) is 6.92 Å². The molecule has 1 unspecified atom stereocenters. The zero-order valence-electron chi connectivity index (χ0n) is 13.4. The summed E-state index contributed by atoms with van der Waals surface area (Å²) in [5.74, 6) is 0.160. The average molecular weight is 343 g/mol. The van der Waals surface area contributed by atoms with Crippen molar-refractivity contribution in [2.24, 2.45) is 5.92 Å². The van der Waals surface area contributed by atoms with Gasteiger partial charge in [-0.1, -0.05) is 29.8 Å². The topological polar surface area (TPSA) is 58.2 Å². The molecule has 124 valence electrons. The normalized spacial score (nSPS) is 14.8. The summed E-state index contributed by atoms with van der Waals surface area (Å²) in [4.78, 5) is 23.8. The molecule has 0 bridgehead atoms. The lowest BCUT2D eigenvalue weighted by molar-refractivity contribution is -0.114. The molecule has 0 saturated heterocycles. The standard InChI is InChI=1S/C19H19ClN2O2/c1-12(23)21-17-4-2-3-15(11-17)19(24)22-18(13-5-6-13)14-7-9-16(20)10-8-14/h2-4,7-11,13,18H,5-6H2,1H3,(H,21,23)(H,22,24). The van der Waals surface area contributed by atoms with E-state index in [4.69, 9.17) is 11.6 Å². The van der Waals surface area contributed by atoms with Crippen molar-refractivity contribution < 1.29 is 9.59 Å². The van der Waals surface area contributed by atoms with Crippen LogP contribution in [-0.2, 0) is 4.79 Å². The number of rotatable bonds is 5. The first kappa shape index (κ1) is 16.5. The summed E-state index contributed by atoms with van der Waals surface area (Å²) in [6, 6.07) is 14.5. The maximum Gasteiger partial charge on any atom is 0.251 e. The van der Waals surface area contributed by atoms with Crippen LogP contribution in [0.4, 0.5) is 5.69 Å². The van der Waals surface area contributed by atoms with Crippen molar-refractivity contribution in [2.45, 2.75) is 25.8 Å². The fourth-order valence-electron chi connectivity index (χ4n) is 2.74. The third-order valence-corrected chi connectivity index (χ3v) is 4.31. The third kappa shape index (κ3) is 4.15. The highest BCUT2D eigenvalue weighted by molar-refractivity contribution is 6.30. The molecular weight excluding hydrogens is 324 g/mol. The second-order valence-electron chi connectivity index (χ2n) is 6.10. The second-order valence-corrected chi connectivity index (χ2v) is 6.54. The molecule has 2 amide bonds. The van der Waals surface area contributed by atoms with Crippen molar-refractivity contribution in [1.29, 1.82) is 0 Å². The molecule has 2 N–H and O–H groups in total. The molecule has 4 nitrogen and oxygen atoms in total. The molecule has 5 heteroatoms. The molecule has 2 aromatic rings. The number of hydrogen-bond acceptors (Lipinski definition) is 2. The van der Waals surface area contributed by atoms with Crippen LogP contribution in [0.15, 0.2) is 48.5 Å². The van der Waals surface area contributed by atoms with Gasteiger partial charge in [-0.15, -0.1) is 0 Å². The third-order valence-electron chi connectivity index (χ3n) is 4.05. The Balaban J connectivity index is 1.76. The Morgan fingerprint density at radius 3 is 2.46 bits per heavy atom. The molecule has 0 spiro atoms. The van der Waals surface area contributed by atoms with Crippen molar-refractivity contribution in [3.8, 4) is 0 Å². The van der Waals surface area contributed by atoms with Gasteiger partial charge in [0.1, 0.15) is 0 Å². The summed E-state index contributed by atoms with van der Waals surface area (Å²) in [6.45, 7) is 1.44. The van der Waals surface area contributed by atoms with E-state index in [0.717, 1.165) is 18.4 Å². The Morgan fingerprint density at radius 2 is 1.83 bits per heavy atom. The van der Waals surface area contributed by atoms with Crippen LogP contribution in [-0.4, -0.2) is 11.8 Å². The molecule has 0 radical (unpaired) electrons. The largest absolute Gasteiger partial charge is 0.345 e. The quantitative estimate of drug-likeness (QED) is 0.856. The summed E-state index contributed by atoms with van der Waals surface area (Å²) in [7, 11) is 0. The van der Waals surface area contributed by atoms with Gasteiger partial charge < -0.3 is 10.6 Å². The van der Waals surface area contributed by atoms with Crippen molar-refractivity contribution in [1.82, 2.24) is 5.32 Å². The van der Waals surface area contributed by atoms with Crippen LogP contribution in [0.1, 0.15) is 41.7 Å². The van der Waals surface area contributed by atoms with E-state index in [2.05, 4.69) is 10.6 Å². The van der Waals surface area contributed by atoms with E-state index in [0.29, 0.717) is 22.2 Å². The molecule has 24 heavy (non-hydrogen) atoms. The molecule has 0 aromatic heterocycles. The van der Waals surface area contributed by atoms with E-state index >= 15 is 0 Å². The van der Waals surface area contributed by atoms with Gasteiger partial charge in [-0.3, -0.25) is 9.59 Å². The van der Waals surface area contributed by atoms with Crippen LogP contribution >= 0.6 is 11.6 Å². The van der Waals surface area contributed by atoms with Gasteiger partial charge in [-0.05, 0) is 54.7 Å². The van der Waals surface area contributed by atoms with Crippen LogP contribution in [0.5, 0.6) is 0 Å². The van der Waals surface area contributed by atoms with Crippen molar-refractivity contribution in [3.63, 3.8) is 0 Å². The summed E-state index contributed by atoms with van der Waals surface area (Å²) >= 11 is 5.95. The smallest absolute Gasteiger partial charge is 0.251 e. The number of anilines is 1. The molecule has 1 saturated carbocycles. The predicted molar refractivity (Wildman–Crippen MR) is 95.1 cm³/mol. The van der Waals surface area contributed by atoms with Gasteiger partial charge in [-0.2, -0.15) is 0 Å². The van der Waals surface area contributed by atoms with Crippen molar-refractivity contribution in [3.05, 3.63) is 64.7 Å². The lowest BCUT2D eigenvalue weighted by Crippen LogP contribution is -2.30. The zero-order valence-corrected chi connectivity index (χ0v) is 14.1. The highest BCUT2D eigenvalue weighted by atomic mass is 35.5. The van der Waals surface area contributed by atoms with E-state index in [1.807, 2.05) is 24.3 Å². The molecule has 1 fully saturated rings. The summed E-state index contributed by atoms with van der Waals surface area (Å²) < 4.78 is 0. The Labute approximate surface area is 146 Å².